The highest BCUT2D eigenvalue weighted by molar-refractivity contribution is 8.77. The fraction of sp³-hybridized carbons (Fsp3) is 0.882. The molecule has 27 heavy (non-hydrogen) atoms. The quantitative estimate of drug-likeness (QED) is 0.207. The lowest BCUT2D eigenvalue weighted by molar-refractivity contribution is -0.121. The second-order valence-corrected chi connectivity index (χ2v) is 8.66. The molecule has 1 saturated heterocycles. The first-order chi connectivity index (χ1) is 13.2. The minimum absolute atomic E-state index is 0.0168. The zero-order valence-electron chi connectivity index (χ0n) is 15.7. The molecule has 0 aromatic rings. The van der Waals surface area contributed by atoms with Crippen LogP contribution >= 0.6 is 21.6 Å². The normalized spacial score (nSPS) is 16.4. The van der Waals surface area contributed by atoms with Crippen LogP contribution in [0.3, 0.4) is 0 Å². The molecule has 1 heterocycles. The monoisotopic (exact) mass is 425 g/mol. The predicted octanol–water partition coefficient (Wildman–Crippen LogP) is 2.56. The maximum atomic E-state index is 11.7. The van der Waals surface area contributed by atoms with Gasteiger partial charge >= 0.3 is 6.16 Å². The van der Waals surface area contributed by atoms with E-state index in [1.165, 1.54) is 18.6 Å². The molecule has 158 valence electrons. The van der Waals surface area contributed by atoms with Crippen molar-refractivity contribution in [2.75, 3.05) is 58.5 Å². The van der Waals surface area contributed by atoms with Crippen molar-refractivity contribution in [1.29, 1.82) is 0 Å². The van der Waals surface area contributed by atoms with E-state index in [1.54, 1.807) is 0 Å². The number of carbonyl (C=O) groups is 2. The van der Waals surface area contributed by atoms with Crippen LogP contribution in [0.25, 0.3) is 0 Å². The van der Waals surface area contributed by atoms with Crippen molar-refractivity contribution in [1.82, 2.24) is 5.32 Å². The van der Waals surface area contributed by atoms with E-state index in [2.05, 4.69) is 10.1 Å². The molecule has 1 amide bonds. The van der Waals surface area contributed by atoms with Gasteiger partial charge in [0.05, 0.1) is 39.6 Å². The highest BCUT2D eigenvalue weighted by atomic mass is 33.1. The van der Waals surface area contributed by atoms with Gasteiger partial charge in [-0.25, -0.2) is 4.79 Å². The lowest BCUT2D eigenvalue weighted by Crippen LogP contribution is -2.27. The molecular weight excluding hydrogens is 394 g/mol. The summed E-state index contributed by atoms with van der Waals surface area (Å²) < 4.78 is 20.1. The number of hydrogen-bond acceptors (Lipinski definition) is 8. The molecule has 0 bridgehead atoms. The first kappa shape index (κ1) is 24.4. The number of carbonyl (C=O) groups excluding carboxylic acids is 1. The Labute approximate surface area is 168 Å². The Kier molecular flexibility index (Phi) is 15.7. The van der Waals surface area contributed by atoms with Crippen molar-refractivity contribution in [2.45, 2.75) is 37.4 Å². The van der Waals surface area contributed by atoms with Crippen molar-refractivity contribution in [3.8, 4) is 0 Å². The third kappa shape index (κ3) is 16.0. The van der Waals surface area contributed by atoms with Gasteiger partial charge in [0.1, 0.15) is 6.61 Å². The summed E-state index contributed by atoms with van der Waals surface area (Å²) in [5, 5.41) is 11.9. The van der Waals surface area contributed by atoms with Crippen LogP contribution in [-0.4, -0.2) is 81.0 Å². The number of nitrogens with one attached hydrogen (secondary N) is 1. The summed E-state index contributed by atoms with van der Waals surface area (Å²) >= 11 is 0. The molecular formula is C17H31NO7S2. The molecule has 1 aliphatic rings. The SMILES string of the molecule is O=C(CCCCC1CCSS1)NCCOCCOCCOCCOC(=O)O. The van der Waals surface area contributed by atoms with Gasteiger partial charge in [-0.1, -0.05) is 28.0 Å². The Balaban J connectivity index is 1.73. The van der Waals surface area contributed by atoms with Crippen molar-refractivity contribution in [2.24, 2.45) is 0 Å². The molecule has 2 N–H and O–H groups in total. The van der Waals surface area contributed by atoms with Gasteiger partial charge in [-0.15, -0.1) is 0 Å². The summed E-state index contributed by atoms with van der Waals surface area (Å²) in [7, 11) is 3.95. The van der Waals surface area contributed by atoms with Crippen LogP contribution in [0.5, 0.6) is 0 Å². The topological polar surface area (TPSA) is 103 Å². The Morgan fingerprint density at radius 3 is 2.26 bits per heavy atom. The minimum atomic E-state index is -1.30. The first-order valence-corrected chi connectivity index (χ1v) is 11.7. The zero-order chi connectivity index (χ0) is 19.6. The van der Waals surface area contributed by atoms with E-state index in [-0.39, 0.29) is 19.1 Å². The molecule has 1 atom stereocenters. The van der Waals surface area contributed by atoms with Crippen LogP contribution in [0, 0.1) is 0 Å². The molecule has 1 rings (SSSR count). The standard InChI is InChI=1S/C17H31NO7S2/c19-16(4-2-1-3-15-5-14-26-27-15)18-6-7-22-8-9-23-10-11-24-12-13-25-17(20)21/h15H,1-14H2,(H,18,19)(H,20,21). The molecule has 1 aliphatic heterocycles. The van der Waals surface area contributed by atoms with Gasteiger partial charge in [0, 0.05) is 24.0 Å². The average molecular weight is 426 g/mol. The van der Waals surface area contributed by atoms with Crippen molar-refractivity contribution in [3.05, 3.63) is 0 Å². The van der Waals surface area contributed by atoms with Crippen LogP contribution in [-0.2, 0) is 23.7 Å². The van der Waals surface area contributed by atoms with E-state index in [4.69, 9.17) is 19.3 Å². The summed E-state index contributed by atoms with van der Waals surface area (Å²) in [5.74, 6) is 1.35. The number of unbranched alkanes of at least 4 members (excludes halogenated alkanes) is 1. The number of amides is 1. The average Bonchev–Trinajstić information content (AvgIpc) is 3.16. The maximum Gasteiger partial charge on any atom is 0.505 e. The van der Waals surface area contributed by atoms with Crippen LogP contribution in [0.15, 0.2) is 0 Å². The molecule has 10 heteroatoms. The van der Waals surface area contributed by atoms with Crippen LogP contribution in [0.1, 0.15) is 32.1 Å². The highest BCUT2D eigenvalue weighted by Gasteiger charge is 2.15. The lowest BCUT2D eigenvalue weighted by atomic mass is 10.1. The van der Waals surface area contributed by atoms with Gasteiger partial charge in [0.2, 0.25) is 5.91 Å². The van der Waals surface area contributed by atoms with E-state index < -0.39 is 6.16 Å². The molecule has 1 unspecified atom stereocenters. The van der Waals surface area contributed by atoms with Crippen LogP contribution < -0.4 is 5.32 Å². The van der Waals surface area contributed by atoms with E-state index in [0.717, 1.165) is 18.1 Å². The third-order valence-corrected chi connectivity index (χ3v) is 6.68. The molecule has 1 fully saturated rings. The Hall–Kier alpha value is -0.680. The highest BCUT2D eigenvalue weighted by Crippen LogP contribution is 2.39. The summed E-state index contributed by atoms with van der Waals surface area (Å²) in [4.78, 5) is 21.8. The molecule has 8 nitrogen and oxygen atoms in total. The molecule has 0 aromatic heterocycles. The van der Waals surface area contributed by atoms with Gasteiger partial charge in [-0.05, 0) is 19.3 Å². The number of hydrogen-bond donors (Lipinski definition) is 2. The Bertz CT molecular complexity index is 395. The molecule has 0 aliphatic carbocycles. The van der Waals surface area contributed by atoms with Gasteiger partial charge < -0.3 is 29.4 Å². The molecule has 0 saturated carbocycles. The summed E-state index contributed by atoms with van der Waals surface area (Å²) in [6.45, 7) is 2.89. The molecule has 0 radical (unpaired) electrons. The van der Waals surface area contributed by atoms with E-state index in [9.17, 15) is 9.59 Å². The van der Waals surface area contributed by atoms with Crippen molar-refractivity contribution >= 4 is 33.7 Å². The lowest BCUT2D eigenvalue weighted by Gasteiger charge is -2.08. The second-order valence-electron chi connectivity index (χ2n) is 5.88. The van der Waals surface area contributed by atoms with Gasteiger partial charge in [0.15, 0.2) is 0 Å². The fourth-order valence-electron chi connectivity index (χ4n) is 2.30. The largest absolute Gasteiger partial charge is 0.505 e. The smallest absolute Gasteiger partial charge is 0.450 e. The molecule has 0 spiro atoms. The van der Waals surface area contributed by atoms with E-state index >= 15 is 0 Å². The molecule has 0 aromatic carbocycles. The summed E-state index contributed by atoms with van der Waals surface area (Å²) in [5.41, 5.74) is 0. The van der Waals surface area contributed by atoms with E-state index in [1.807, 2.05) is 21.6 Å². The van der Waals surface area contributed by atoms with Gasteiger partial charge in [0.25, 0.3) is 0 Å². The third-order valence-electron chi connectivity index (χ3n) is 3.67. The second kappa shape index (κ2) is 17.4. The number of carboxylic acid groups (broad SMARTS) is 1. The fourth-order valence-corrected chi connectivity index (χ4v) is 5.33. The van der Waals surface area contributed by atoms with Crippen LogP contribution in [0.4, 0.5) is 4.79 Å². The summed E-state index contributed by atoms with van der Waals surface area (Å²) in [6, 6.07) is 0. The first-order valence-electron chi connectivity index (χ1n) is 9.32. The van der Waals surface area contributed by atoms with Crippen molar-refractivity contribution < 1.29 is 33.6 Å². The van der Waals surface area contributed by atoms with Gasteiger partial charge in [-0.3, -0.25) is 4.79 Å². The van der Waals surface area contributed by atoms with Gasteiger partial charge in [-0.2, -0.15) is 0 Å². The number of rotatable bonds is 17. The van der Waals surface area contributed by atoms with Crippen molar-refractivity contribution in [3.63, 3.8) is 0 Å². The predicted molar refractivity (Wildman–Crippen MR) is 106 cm³/mol. The maximum absolute atomic E-state index is 11.7. The zero-order valence-corrected chi connectivity index (χ0v) is 17.3. The Morgan fingerprint density at radius 2 is 1.63 bits per heavy atom. The van der Waals surface area contributed by atoms with E-state index in [0.29, 0.717) is 46.0 Å². The Morgan fingerprint density at radius 1 is 0.963 bits per heavy atom. The van der Waals surface area contributed by atoms with Crippen LogP contribution in [0.2, 0.25) is 0 Å². The minimum Gasteiger partial charge on any atom is -0.450 e. The number of ether oxygens (including phenoxy) is 4. The summed E-state index contributed by atoms with van der Waals surface area (Å²) in [6.07, 6.45) is 3.88.